The van der Waals surface area contributed by atoms with Crippen molar-refractivity contribution in [3.63, 3.8) is 0 Å². The molecule has 0 bridgehead atoms. The van der Waals surface area contributed by atoms with Crippen LogP contribution < -0.4 is 14.2 Å². The maximum atomic E-state index is 6.11. The molecule has 132 valence electrons. The maximum Gasteiger partial charge on any atom is 0.212 e. The Hall–Kier alpha value is -2.17. The number of anilines is 1. The van der Waals surface area contributed by atoms with E-state index < -0.39 is 0 Å². The molecule has 3 aromatic rings. The van der Waals surface area contributed by atoms with E-state index in [-0.39, 0.29) is 0 Å². The van der Waals surface area contributed by atoms with Crippen LogP contribution in [-0.2, 0) is 7.05 Å². The number of halogens is 1. The van der Waals surface area contributed by atoms with E-state index in [0.717, 1.165) is 27.4 Å². The number of aromatic nitrogens is 1. The van der Waals surface area contributed by atoms with Crippen LogP contribution in [0.25, 0.3) is 17.0 Å². The van der Waals surface area contributed by atoms with Gasteiger partial charge >= 0.3 is 0 Å². The topological polar surface area (TPSA) is 16.4 Å². The zero-order chi connectivity index (χ0) is 18.3. The first-order chi connectivity index (χ1) is 12.6. The quantitative estimate of drug-likeness (QED) is 0.574. The minimum atomic E-state index is 0.679. The number of nitrogens with zero attached hydrogens (tertiary/aromatic N) is 2. The highest BCUT2D eigenvalue weighted by Crippen LogP contribution is 2.46. The molecule has 0 radical (unpaired) electrons. The van der Waals surface area contributed by atoms with Crippen molar-refractivity contribution in [1.29, 1.82) is 0 Å². The molecule has 0 amide bonds. The van der Waals surface area contributed by atoms with E-state index in [9.17, 15) is 0 Å². The van der Waals surface area contributed by atoms with E-state index in [2.05, 4.69) is 60.0 Å². The molecule has 3 nitrogen and oxygen atoms in total. The molecule has 1 aromatic heterocycles. The number of aryl methyl sites for hydroxylation is 1. The molecule has 2 aromatic carbocycles. The van der Waals surface area contributed by atoms with E-state index in [0.29, 0.717) is 6.61 Å². The molecule has 0 atom stereocenters. The third-order valence-corrected chi connectivity index (χ3v) is 5.97. The molecule has 0 aliphatic carbocycles. The van der Waals surface area contributed by atoms with Crippen LogP contribution in [0.15, 0.2) is 58.5 Å². The molecule has 0 N–H and O–H groups in total. The first kappa shape index (κ1) is 17.3. The van der Waals surface area contributed by atoms with Gasteiger partial charge in [0.25, 0.3) is 0 Å². The summed E-state index contributed by atoms with van der Waals surface area (Å²) >= 11 is 7.88. The minimum Gasteiger partial charge on any atom is -0.494 e. The molecule has 2 heterocycles. The standard InChI is InChI=1S/C21H20ClN2OS/c1-4-25-17-8-10-19-20(13-17)26-21(24(19)3)12-16-7-5-14-11-15(22)6-9-18(14)23(16)2/h5-13H,4H2,1-3H3/q+1. The van der Waals surface area contributed by atoms with Crippen LogP contribution in [0.2, 0.25) is 5.02 Å². The number of fused-ring (bicyclic) bond motifs is 2. The number of ether oxygens (including phenoxy) is 1. The Labute approximate surface area is 162 Å². The number of hydrogen-bond acceptors (Lipinski definition) is 3. The lowest BCUT2D eigenvalue weighted by Crippen LogP contribution is -2.33. The third kappa shape index (κ3) is 3.04. The van der Waals surface area contributed by atoms with Crippen molar-refractivity contribution < 1.29 is 9.30 Å². The first-order valence-corrected chi connectivity index (χ1v) is 9.74. The van der Waals surface area contributed by atoms with Crippen LogP contribution in [0.5, 0.6) is 5.75 Å². The van der Waals surface area contributed by atoms with Crippen LogP contribution in [0.4, 0.5) is 5.69 Å². The van der Waals surface area contributed by atoms with Crippen LogP contribution in [0.1, 0.15) is 12.6 Å². The van der Waals surface area contributed by atoms with Crippen LogP contribution >= 0.6 is 23.4 Å². The van der Waals surface area contributed by atoms with E-state index in [1.165, 1.54) is 15.6 Å². The summed E-state index contributed by atoms with van der Waals surface area (Å²) in [7, 11) is 4.19. The smallest absolute Gasteiger partial charge is 0.212 e. The van der Waals surface area contributed by atoms with Gasteiger partial charge in [0.15, 0.2) is 0 Å². The Kier molecular flexibility index (Phi) is 4.55. The summed E-state index contributed by atoms with van der Waals surface area (Å²) in [6.07, 6.45) is 2.22. The summed E-state index contributed by atoms with van der Waals surface area (Å²) in [6.45, 7) is 2.68. The average molecular weight is 384 g/mol. The molecule has 0 unspecified atom stereocenters. The third-order valence-electron chi connectivity index (χ3n) is 4.59. The van der Waals surface area contributed by atoms with Crippen molar-refractivity contribution in [1.82, 2.24) is 0 Å². The van der Waals surface area contributed by atoms with Gasteiger partial charge in [-0.3, -0.25) is 0 Å². The van der Waals surface area contributed by atoms with Gasteiger partial charge in [-0.05, 0) is 43.3 Å². The zero-order valence-corrected chi connectivity index (χ0v) is 16.6. The van der Waals surface area contributed by atoms with E-state index in [1.807, 2.05) is 25.1 Å². The monoisotopic (exact) mass is 383 g/mol. The second kappa shape index (κ2) is 6.86. The summed E-state index contributed by atoms with van der Waals surface area (Å²) in [5.74, 6) is 0.918. The molecular formula is C21H20ClN2OS+. The SMILES string of the molecule is CCOc1ccc2c(c1)S/C(=C\c1ccc3cc(Cl)ccc3[n+]1C)N2C. The molecule has 1 aliphatic rings. The largest absolute Gasteiger partial charge is 0.494 e. The fourth-order valence-corrected chi connectivity index (χ4v) is 4.50. The molecule has 0 saturated heterocycles. The highest BCUT2D eigenvalue weighted by molar-refractivity contribution is 8.03. The van der Waals surface area contributed by atoms with Crippen LogP contribution in [0.3, 0.4) is 0 Å². The van der Waals surface area contributed by atoms with Gasteiger partial charge in [-0.15, -0.1) is 0 Å². The number of benzene rings is 2. The highest BCUT2D eigenvalue weighted by atomic mass is 35.5. The lowest BCUT2D eigenvalue weighted by molar-refractivity contribution is -0.646. The Morgan fingerprint density at radius 3 is 2.81 bits per heavy atom. The first-order valence-electron chi connectivity index (χ1n) is 8.55. The molecular weight excluding hydrogens is 364 g/mol. The van der Waals surface area contributed by atoms with Gasteiger partial charge in [0.05, 0.1) is 17.3 Å². The van der Waals surface area contributed by atoms with Crippen molar-refractivity contribution in [2.75, 3.05) is 18.6 Å². The Morgan fingerprint density at radius 1 is 1.15 bits per heavy atom. The number of rotatable bonds is 3. The average Bonchev–Trinajstić information content (AvgIpc) is 2.93. The zero-order valence-electron chi connectivity index (χ0n) is 15.0. The van der Waals surface area contributed by atoms with E-state index in [1.54, 1.807) is 11.8 Å². The Bertz CT molecular complexity index is 1030. The van der Waals surface area contributed by atoms with Gasteiger partial charge in [-0.1, -0.05) is 23.4 Å². The molecule has 0 fully saturated rings. The second-order valence-corrected chi connectivity index (χ2v) is 7.73. The van der Waals surface area contributed by atoms with E-state index in [4.69, 9.17) is 16.3 Å². The summed E-state index contributed by atoms with van der Waals surface area (Å²) in [5.41, 5.74) is 3.51. The summed E-state index contributed by atoms with van der Waals surface area (Å²) in [4.78, 5) is 3.45. The van der Waals surface area contributed by atoms with E-state index >= 15 is 0 Å². The second-order valence-electron chi connectivity index (χ2n) is 6.23. The predicted molar refractivity (Wildman–Crippen MR) is 110 cm³/mol. The number of thioether (sulfide) groups is 1. The lowest BCUT2D eigenvalue weighted by Gasteiger charge is -2.13. The maximum absolute atomic E-state index is 6.11. The van der Waals surface area contributed by atoms with Gasteiger partial charge in [0.1, 0.15) is 12.8 Å². The van der Waals surface area contributed by atoms with Gasteiger partial charge in [-0.2, -0.15) is 4.57 Å². The highest BCUT2D eigenvalue weighted by Gasteiger charge is 2.24. The molecule has 5 heteroatoms. The van der Waals surface area contributed by atoms with Crippen molar-refractivity contribution >= 4 is 46.0 Å². The van der Waals surface area contributed by atoms with Gasteiger partial charge < -0.3 is 9.64 Å². The van der Waals surface area contributed by atoms with Gasteiger partial charge in [0.2, 0.25) is 11.2 Å². The molecule has 26 heavy (non-hydrogen) atoms. The molecule has 4 rings (SSSR count). The van der Waals surface area contributed by atoms with Crippen molar-refractivity contribution in [3.05, 3.63) is 64.3 Å². The Balaban J connectivity index is 1.72. The fraction of sp³-hybridized carbons (Fsp3) is 0.190. The normalized spacial score (nSPS) is 14.9. The van der Waals surface area contributed by atoms with Gasteiger partial charge in [-0.25, -0.2) is 0 Å². The van der Waals surface area contributed by atoms with Crippen molar-refractivity contribution in [3.8, 4) is 5.75 Å². The summed E-state index contributed by atoms with van der Waals surface area (Å²) in [6, 6.07) is 16.5. The molecule has 0 spiro atoms. The number of hydrogen-bond donors (Lipinski definition) is 0. The molecule has 0 saturated carbocycles. The lowest BCUT2D eigenvalue weighted by atomic mass is 10.2. The van der Waals surface area contributed by atoms with Crippen molar-refractivity contribution in [2.45, 2.75) is 11.8 Å². The summed E-state index contributed by atoms with van der Waals surface area (Å²) < 4.78 is 7.83. The number of pyridine rings is 1. The van der Waals surface area contributed by atoms with Crippen LogP contribution in [0, 0.1) is 0 Å². The van der Waals surface area contributed by atoms with Crippen molar-refractivity contribution in [2.24, 2.45) is 7.05 Å². The van der Waals surface area contributed by atoms with Gasteiger partial charge in [0, 0.05) is 40.6 Å². The Morgan fingerprint density at radius 2 is 2.00 bits per heavy atom. The predicted octanol–water partition coefficient (Wildman–Crippen LogP) is 5.26. The van der Waals surface area contributed by atoms with Crippen LogP contribution in [-0.4, -0.2) is 13.7 Å². The minimum absolute atomic E-state index is 0.679. The summed E-state index contributed by atoms with van der Waals surface area (Å²) in [5, 5.41) is 3.09. The molecule has 1 aliphatic heterocycles. The fourth-order valence-electron chi connectivity index (χ4n) is 3.20.